The van der Waals surface area contributed by atoms with Crippen LogP contribution in [0.15, 0.2) is 29.4 Å². The van der Waals surface area contributed by atoms with Gasteiger partial charge in [-0.3, -0.25) is 5.41 Å². The number of aliphatic hydroxyl groups excluding tert-OH is 1. The smallest absolute Gasteiger partial charge is 0.392 e. The molecule has 0 spiro atoms. The number of hydrogen-bond donors (Lipinski definition) is 4. The second-order valence-corrected chi connectivity index (χ2v) is 12.5. The van der Waals surface area contributed by atoms with Gasteiger partial charge in [-0.1, -0.05) is 66.7 Å². The average Bonchev–Trinajstić information content (AvgIpc) is 3.01. The molecule has 33 heavy (non-hydrogen) atoms. The highest BCUT2D eigenvalue weighted by atomic mass is 35.5. The summed E-state index contributed by atoms with van der Waals surface area (Å²) in [5, 5.41) is 22.3. The molecule has 3 rings (SSSR count). The number of aliphatic hydroxyl groups is 1. The predicted octanol–water partition coefficient (Wildman–Crippen LogP) is 4.54. The van der Waals surface area contributed by atoms with E-state index in [4.69, 9.17) is 21.6 Å². The number of anilines is 1. The molecule has 0 bridgehead atoms. The van der Waals surface area contributed by atoms with E-state index in [1.54, 1.807) is 0 Å². The molecule has 1 aromatic carbocycles. The largest absolute Gasteiger partial charge is 0.394 e. The van der Waals surface area contributed by atoms with Crippen LogP contribution in [0.4, 0.5) is 5.82 Å². The van der Waals surface area contributed by atoms with Crippen LogP contribution in [0.5, 0.6) is 0 Å². The molecule has 2 aromatic heterocycles. The van der Waals surface area contributed by atoms with E-state index in [2.05, 4.69) is 29.1 Å². The zero-order chi connectivity index (χ0) is 24.3. The minimum absolute atomic E-state index is 0.0908. The highest BCUT2D eigenvalue weighted by Crippen LogP contribution is 2.39. The third kappa shape index (κ3) is 6.71. The van der Waals surface area contributed by atoms with Gasteiger partial charge in [0.1, 0.15) is 4.70 Å². The molecule has 0 fully saturated rings. The Morgan fingerprint density at radius 3 is 2.64 bits per heavy atom. The van der Waals surface area contributed by atoms with Gasteiger partial charge < -0.3 is 19.9 Å². The van der Waals surface area contributed by atoms with E-state index in [0.717, 1.165) is 28.3 Å². The number of fused-ring (bicyclic) bond motifs is 1. The Kier molecular flexibility index (Phi) is 8.47. The number of rotatable bonds is 10. The number of benzene rings is 1. The summed E-state index contributed by atoms with van der Waals surface area (Å²) < 4.78 is 18.5. The molecule has 0 saturated carbocycles. The summed E-state index contributed by atoms with van der Waals surface area (Å²) in [5.74, 6) is 0.767. The topological polar surface area (TPSA) is 133 Å². The molecule has 0 amide bonds. The molecule has 0 aliphatic carbocycles. The van der Waals surface area contributed by atoms with Crippen molar-refractivity contribution in [3.05, 3.63) is 39.7 Å². The van der Waals surface area contributed by atoms with Crippen LogP contribution >= 0.6 is 42.3 Å². The molecule has 0 aliphatic rings. The molecular formula is C20H27ClN5O4PS2. The lowest BCUT2D eigenvalue weighted by Gasteiger charge is -2.20. The normalized spacial score (nSPS) is 15.4. The van der Waals surface area contributed by atoms with Crippen molar-refractivity contribution in [2.75, 3.05) is 18.6 Å². The molecule has 180 valence electrons. The van der Waals surface area contributed by atoms with E-state index in [-0.39, 0.29) is 28.3 Å². The fourth-order valence-corrected chi connectivity index (χ4v) is 5.86. The Hall–Kier alpha value is -1.62. The van der Waals surface area contributed by atoms with Crippen molar-refractivity contribution >= 4 is 58.5 Å². The van der Waals surface area contributed by atoms with Crippen LogP contribution in [0.25, 0.3) is 10.3 Å². The third-order valence-corrected chi connectivity index (χ3v) is 7.33. The number of thioether (sulfide) groups is 1. The average molecular weight is 532 g/mol. The van der Waals surface area contributed by atoms with Gasteiger partial charge in [0.05, 0.1) is 19.3 Å². The highest BCUT2D eigenvalue weighted by Gasteiger charge is 2.23. The summed E-state index contributed by atoms with van der Waals surface area (Å²) in [6, 6.07) is 7.24. The van der Waals surface area contributed by atoms with Gasteiger partial charge in [0, 0.05) is 10.3 Å². The van der Waals surface area contributed by atoms with Gasteiger partial charge in [-0.2, -0.15) is 4.98 Å². The molecule has 2 heterocycles. The number of nitrogens with one attached hydrogen (secondary N) is 2. The van der Waals surface area contributed by atoms with Crippen LogP contribution in [-0.4, -0.2) is 44.0 Å². The van der Waals surface area contributed by atoms with Crippen molar-refractivity contribution in [2.45, 2.75) is 43.6 Å². The summed E-state index contributed by atoms with van der Waals surface area (Å²) >= 11 is 8.72. The van der Waals surface area contributed by atoms with Crippen molar-refractivity contribution in [3.8, 4) is 0 Å². The molecule has 2 unspecified atom stereocenters. The summed E-state index contributed by atoms with van der Waals surface area (Å²) in [7, 11) is -3.95. The Labute approximate surface area is 205 Å². The van der Waals surface area contributed by atoms with E-state index in [1.165, 1.54) is 11.8 Å². The van der Waals surface area contributed by atoms with Gasteiger partial charge in [-0.15, -0.1) is 4.73 Å². The first-order valence-electron chi connectivity index (χ1n) is 10.3. The van der Waals surface area contributed by atoms with Crippen molar-refractivity contribution in [1.29, 1.82) is 5.41 Å². The third-order valence-electron chi connectivity index (χ3n) is 4.58. The first kappa shape index (κ1) is 26.0. The first-order chi connectivity index (χ1) is 15.5. The summed E-state index contributed by atoms with van der Waals surface area (Å²) in [5.41, 5.74) is 1.12. The Bertz CT molecular complexity index is 1230. The Balaban J connectivity index is 2.09. The van der Waals surface area contributed by atoms with Gasteiger partial charge in [0.2, 0.25) is 4.80 Å². The summed E-state index contributed by atoms with van der Waals surface area (Å²) in [6.07, 6.45) is 0.705. The predicted molar refractivity (Wildman–Crippen MR) is 133 cm³/mol. The molecule has 4 N–H and O–H groups in total. The maximum absolute atomic E-state index is 11.9. The van der Waals surface area contributed by atoms with Crippen LogP contribution in [0.1, 0.15) is 38.0 Å². The number of halogens is 1. The number of aromatic nitrogens is 3. The van der Waals surface area contributed by atoms with Crippen molar-refractivity contribution in [1.82, 2.24) is 14.7 Å². The number of nitrogens with zero attached hydrogens (tertiary/aromatic N) is 3. The van der Waals surface area contributed by atoms with Gasteiger partial charge in [0.25, 0.3) is 0 Å². The molecule has 3 atom stereocenters. The van der Waals surface area contributed by atoms with Gasteiger partial charge in [0.15, 0.2) is 16.6 Å². The van der Waals surface area contributed by atoms with Crippen LogP contribution < -0.4 is 14.7 Å². The van der Waals surface area contributed by atoms with Crippen LogP contribution in [0, 0.1) is 11.3 Å². The van der Waals surface area contributed by atoms with Gasteiger partial charge in [-0.25, -0.2) is 9.55 Å². The first-order valence-corrected chi connectivity index (χ1v) is 14.4. The van der Waals surface area contributed by atoms with E-state index in [1.807, 2.05) is 31.2 Å². The second kappa shape index (κ2) is 10.8. The summed E-state index contributed by atoms with van der Waals surface area (Å²) in [6.45, 7) is 7.04. The molecular weight excluding hydrogens is 505 g/mol. The highest BCUT2D eigenvalue weighted by molar-refractivity contribution is 7.99. The number of thiazole rings is 1. The van der Waals surface area contributed by atoms with Crippen molar-refractivity contribution in [3.63, 3.8) is 0 Å². The monoisotopic (exact) mass is 531 g/mol. The van der Waals surface area contributed by atoms with Crippen molar-refractivity contribution < 1.29 is 19.2 Å². The minimum atomic E-state index is -3.95. The summed E-state index contributed by atoms with van der Waals surface area (Å²) in [4.78, 5) is 18.8. The fourth-order valence-electron chi connectivity index (χ4n) is 3.23. The molecule has 3 aromatic rings. The lowest BCUT2D eigenvalue weighted by molar-refractivity contribution is 0.235. The molecule has 9 nitrogen and oxygen atoms in total. The quantitative estimate of drug-likeness (QED) is 0.170. The second-order valence-electron chi connectivity index (χ2n) is 8.03. The zero-order valence-corrected chi connectivity index (χ0v) is 21.9. The SMILES string of the molecule is CC(C)C[C@H](CO)Nc1nc(SC(C)c2ccccc2Cl)nc2c1sc(=N)n2OP(C)(=O)O. The van der Waals surface area contributed by atoms with Crippen LogP contribution in [-0.2, 0) is 4.57 Å². The maximum Gasteiger partial charge on any atom is 0.392 e. The van der Waals surface area contributed by atoms with E-state index in [0.29, 0.717) is 33.0 Å². The van der Waals surface area contributed by atoms with Crippen LogP contribution in [0.2, 0.25) is 5.02 Å². The number of hydrogen-bond acceptors (Lipinski definition) is 9. The zero-order valence-electron chi connectivity index (χ0n) is 18.6. The van der Waals surface area contributed by atoms with E-state index < -0.39 is 7.60 Å². The Morgan fingerprint density at radius 2 is 2.03 bits per heavy atom. The molecule has 0 radical (unpaired) electrons. The molecule has 13 heteroatoms. The van der Waals surface area contributed by atoms with Gasteiger partial charge >= 0.3 is 7.60 Å². The lowest BCUT2D eigenvalue weighted by Crippen LogP contribution is -2.26. The van der Waals surface area contributed by atoms with E-state index >= 15 is 0 Å². The van der Waals surface area contributed by atoms with E-state index in [9.17, 15) is 14.6 Å². The fraction of sp³-hybridized carbons (Fsp3) is 0.450. The van der Waals surface area contributed by atoms with Crippen LogP contribution in [0.3, 0.4) is 0 Å². The maximum atomic E-state index is 11.9. The molecule has 0 saturated heterocycles. The lowest BCUT2D eigenvalue weighted by atomic mass is 10.0. The Morgan fingerprint density at radius 1 is 1.33 bits per heavy atom. The van der Waals surface area contributed by atoms with Gasteiger partial charge in [-0.05, 0) is 30.9 Å². The molecule has 0 aliphatic heterocycles. The van der Waals surface area contributed by atoms with Crippen molar-refractivity contribution in [2.24, 2.45) is 5.92 Å². The minimum Gasteiger partial charge on any atom is -0.394 e. The standard InChI is InChI=1S/C20H27ClN5O4PS2/c1-11(2)9-13(10-27)23-17-16-18(26(19(22)33-16)30-31(4,28)29)25-20(24-17)32-12(3)14-7-5-6-8-15(14)21/h5-8,11-13,22,27H,9-10H2,1-4H3,(H,28,29)(H,23,24,25)/t12?,13-/m1/s1.